The number of hydrazine groups is 1. The number of amides is 1. The third-order valence-electron chi connectivity index (χ3n) is 2.41. The van der Waals surface area contributed by atoms with Crippen LogP contribution in [0.25, 0.3) is 10.9 Å². The second kappa shape index (κ2) is 2.60. The third kappa shape index (κ3) is 1.03. The van der Waals surface area contributed by atoms with Crippen LogP contribution in [0, 0.1) is 0 Å². The summed E-state index contributed by atoms with van der Waals surface area (Å²) in [4.78, 5) is 15.7. The number of aromatic nitrogens is 1. The SMILES string of the molecule is Nc1cc2c3c(cccc3n1)C(=O)NN2. The molecule has 5 heteroatoms. The van der Waals surface area contributed by atoms with E-state index in [0.29, 0.717) is 11.4 Å². The number of hydrogen-bond acceptors (Lipinski definition) is 4. The molecule has 0 bridgehead atoms. The molecule has 0 saturated heterocycles. The summed E-state index contributed by atoms with van der Waals surface area (Å²) >= 11 is 0. The van der Waals surface area contributed by atoms with Crippen LogP contribution < -0.4 is 16.6 Å². The molecule has 0 fully saturated rings. The number of nitrogens with two attached hydrogens (primary N) is 1. The van der Waals surface area contributed by atoms with Crippen molar-refractivity contribution in [3.63, 3.8) is 0 Å². The molecule has 74 valence electrons. The summed E-state index contributed by atoms with van der Waals surface area (Å²) in [5.74, 6) is 0.276. The molecule has 5 nitrogen and oxygen atoms in total. The molecular formula is C10H8N4O. The van der Waals surface area contributed by atoms with Gasteiger partial charge in [-0.2, -0.15) is 0 Å². The second-order valence-corrected chi connectivity index (χ2v) is 3.37. The standard InChI is InChI=1S/C10H8N4O/c11-8-4-7-9-5(10(15)14-13-7)2-1-3-6(9)12-8/h1-4,13H,(H2,11,12)(H,14,15). The minimum atomic E-state index is -0.153. The maximum Gasteiger partial charge on any atom is 0.270 e. The minimum absolute atomic E-state index is 0.153. The highest BCUT2D eigenvalue weighted by atomic mass is 16.2. The molecule has 1 aromatic heterocycles. The van der Waals surface area contributed by atoms with Gasteiger partial charge in [-0.1, -0.05) is 6.07 Å². The lowest BCUT2D eigenvalue weighted by atomic mass is 10.0. The maximum absolute atomic E-state index is 11.5. The third-order valence-corrected chi connectivity index (χ3v) is 2.41. The predicted molar refractivity (Wildman–Crippen MR) is 57.2 cm³/mol. The average molecular weight is 200 g/mol. The maximum atomic E-state index is 11.5. The summed E-state index contributed by atoms with van der Waals surface area (Å²) in [6, 6.07) is 7.09. The Hall–Kier alpha value is -2.30. The van der Waals surface area contributed by atoms with Gasteiger partial charge in [-0.25, -0.2) is 4.98 Å². The van der Waals surface area contributed by atoms with E-state index >= 15 is 0 Å². The minimum Gasteiger partial charge on any atom is -0.384 e. The van der Waals surface area contributed by atoms with Crippen molar-refractivity contribution in [1.82, 2.24) is 10.4 Å². The van der Waals surface area contributed by atoms with E-state index in [2.05, 4.69) is 15.8 Å². The summed E-state index contributed by atoms with van der Waals surface area (Å²) in [6.45, 7) is 0. The van der Waals surface area contributed by atoms with E-state index in [1.165, 1.54) is 0 Å². The summed E-state index contributed by atoms with van der Waals surface area (Å²) in [5.41, 5.74) is 13.1. The summed E-state index contributed by atoms with van der Waals surface area (Å²) in [5, 5.41) is 0.815. The molecule has 0 spiro atoms. The van der Waals surface area contributed by atoms with Crippen molar-refractivity contribution >= 4 is 28.3 Å². The number of nitrogens with zero attached hydrogens (tertiary/aromatic N) is 1. The van der Waals surface area contributed by atoms with Crippen LogP contribution in [0.15, 0.2) is 24.3 Å². The summed E-state index contributed by atoms with van der Waals surface area (Å²) in [7, 11) is 0. The molecule has 0 unspecified atom stereocenters. The van der Waals surface area contributed by atoms with Crippen molar-refractivity contribution in [3.05, 3.63) is 29.8 Å². The van der Waals surface area contributed by atoms with Gasteiger partial charge in [0.05, 0.1) is 16.8 Å². The number of hydrogen-bond donors (Lipinski definition) is 3. The molecule has 2 aromatic rings. The Morgan fingerprint density at radius 2 is 2.13 bits per heavy atom. The highest BCUT2D eigenvalue weighted by molar-refractivity contribution is 6.13. The number of carbonyl (C=O) groups excluding carboxylic acids is 1. The van der Waals surface area contributed by atoms with Gasteiger partial charge in [-0.3, -0.25) is 15.6 Å². The Labute approximate surface area is 85.3 Å². The van der Waals surface area contributed by atoms with Crippen LogP contribution >= 0.6 is 0 Å². The van der Waals surface area contributed by atoms with Crippen LogP contribution in [0.2, 0.25) is 0 Å². The van der Waals surface area contributed by atoms with Crippen LogP contribution in [-0.2, 0) is 0 Å². The topological polar surface area (TPSA) is 80.0 Å². The van der Waals surface area contributed by atoms with Gasteiger partial charge in [0.1, 0.15) is 5.82 Å². The van der Waals surface area contributed by atoms with Crippen LogP contribution in [0.4, 0.5) is 11.5 Å². The molecule has 1 aromatic carbocycles. The fraction of sp³-hybridized carbons (Fsp3) is 0. The fourth-order valence-corrected chi connectivity index (χ4v) is 1.79. The largest absolute Gasteiger partial charge is 0.384 e. The Morgan fingerprint density at radius 3 is 3.00 bits per heavy atom. The fourth-order valence-electron chi connectivity index (χ4n) is 1.79. The zero-order valence-electron chi connectivity index (χ0n) is 7.74. The van der Waals surface area contributed by atoms with E-state index < -0.39 is 0 Å². The van der Waals surface area contributed by atoms with Crippen LogP contribution in [0.5, 0.6) is 0 Å². The second-order valence-electron chi connectivity index (χ2n) is 3.37. The molecule has 1 aliphatic heterocycles. The molecule has 1 aliphatic rings. The quantitative estimate of drug-likeness (QED) is 0.590. The van der Waals surface area contributed by atoms with Crippen molar-refractivity contribution in [3.8, 4) is 0 Å². The van der Waals surface area contributed by atoms with Crippen molar-refractivity contribution in [2.24, 2.45) is 0 Å². The first kappa shape index (κ1) is 8.05. The number of pyridine rings is 1. The highest BCUT2D eigenvalue weighted by Gasteiger charge is 2.18. The van der Waals surface area contributed by atoms with E-state index in [0.717, 1.165) is 16.6 Å². The van der Waals surface area contributed by atoms with Gasteiger partial charge in [0.15, 0.2) is 0 Å². The van der Waals surface area contributed by atoms with Crippen LogP contribution in [0.1, 0.15) is 10.4 Å². The summed E-state index contributed by atoms with van der Waals surface area (Å²) < 4.78 is 0. The van der Waals surface area contributed by atoms with Crippen molar-refractivity contribution < 1.29 is 4.79 Å². The molecule has 0 atom stereocenters. The molecule has 1 amide bonds. The zero-order valence-corrected chi connectivity index (χ0v) is 7.74. The molecule has 4 N–H and O–H groups in total. The monoisotopic (exact) mass is 200 g/mol. The van der Waals surface area contributed by atoms with Gasteiger partial charge in [-0.05, 0) is 12.1 Å². The van der Waals surface area contributed by atoms with E-state index in [4.69, 9.17) is 5.73 Å². The lowest BCUT2D eigenvalue weighted by Crippen LogP contribution is -2.33. The van der Waals surface area contributed by atoms with Gasteiger partial charge in [0.25, 0.3) is 5.91 Å². The Morgan fingerprint density at radius 1 is 1.27 bits per heavy atom. The number of anilines is 2. The molecule has 15 heavy (non-hydrogen) atoms. The van der Waals surface area contributed by atoms with Gasteiger partial charge in [0.2, 0.25) is 0 Å². The van der Waals surface area contributed by atoms with Crippen LogP contribution in [-0.4, -0.2) is 10.9 Å². The molecule has 3 rings (SSSR count). The number of nitrogen functional groups attached to an aromatic ring is 1. The number of nitrogens with one attached hydrogen (secondary N) is 2. The van der Waals surface area contributed by atoms with E-state index in [1.54, 1.807) is 18.2 Å². The smallest absolute Gasteiger partial charge is 0.270 e. The first-order valence-electron chi connectivity index (χ1n) is 4.51. The number of rotatable bonds is 0. The lowest BCUT2D eigenvalue weighted by molar-refractivity contribution is 0.0962. The first-order chi connectivity index (χ1) is 7.25. The van der Waals surface area contributed by atoms with Crippen LogP contribution in [0.3, 0.4) is 0 Å². The van der Waals surface area contributed by atoms with Gasteiger partial charge < -0.3 is 5.73 Å². The number of benzene rings is 1. The van der Waals surface area contributed by atoms with Gasteiger partial charge >= 0.3 is 0 Å². The van der Waals surface area contributed by atoms with Crippen molar-refractivity contribution in [2.75, 3.05) is 11.2 Å². The Kier molecular flexibility index (Phi) is 1.39. The predicted octanol–water partition coefficient (Wildman–Crippen LogP) is 0.887. The van der Waals surface area contributed by atoms with E-state index in [1.807, 2.05) is 6.07 Å². The number of carbonyl (C=O) groups is 1. The van der Waals surface area contributed by atoms with E-state index in [9.17, 15) is 4.79 Å². The lowest BCUT2D eigenvalue weighted by Gasteiger charge is -2.19. The summed E-state index contributed by atoms with van der Waals surface area (Å²) in [6.07, 6.45) is 0. The average Bonchev–Trinajstić information content (AvgIpc) is 2.23. The highest BCUT2D eigenvalue weighted by Crippen LogP contribution is 2.29. The zero-order chi connectivity index (χ0) is 10.4. The molecular weight excluding hydrogens is 192 g/mol. The first-order valence-corrected chi connectivity index (χ1v) is 4.51. The Balaban J connectivity index is 2.50. The molecule has 0 saturated carbocycles. The van der Waals surface area contributed by atoms with Crippen molar-refractivity contribution in [2.45, 2.75) is 0 Å². The normalized spacial score (nSPS) is 13.5. The molecule has 0 aliphatic carbocycles. The van der Waals surface area contributed by atoms with Gasteiger partial charge in [-0.15, -0.1) is 0 Å². The molecule has 2 heterocycles. The molecule has 0 radical (unpaired) electrons. The van der Waals surface area contributed by atoms with Crippen molar-refractivity contribution in [1.29, 1.82) is 0 Å². The van der Waals surface area contributed by atoms with E-state index in [-0.39, 0.29) is 5.91 Å². The Bertz CT molecular complexity index is 579. The van der Waals surface area contributed by atoms with Gasteiger partial charge in [0, 0.05) is 11.5 Å².